The van der Waals surface area contributed by atoms with Crippen LogP contribution in [0.1, 0.15) is 16.6 Å². The van der Waals surface area contributed by atoms with Crippen molar-refractivity contribution in [2.75, 3.05) is 6.61 Å². The Hall–Kier alpha value is -1.07. The van der Waals surface area contributed by atoms with Crippen molar-refractivity contribution in [2.24, 2.45) is 0 Å². The van der Waals surface area contributed by atoms with E-state index < -0.39 is 0 Å². The average molecular weight is 228 g/mol. The molecule has 2 rings (SSSR count). The highest BCUT2D eigenvalue weighted by Crippen LogP contribution is 2.37. The topological polar surface area (TPSA) is 46.5 Å². The van der Waals surface area contributed by atoms with Crippen molar-refractivity contribution in [3.8, 4) is 5.06 Å². The monoisotopic (exact) mass is 228 g/mol. The maximum Gasteiger partial charge on any atom is 0.348 e. The van der Waals surface area contributed by atoms with Crippen molar-refractivity contribution < 1.29 is 14.6 Å². The van der Waals surface area contributed by atoms with E-state index in [2.05, 4.69) is 0 Å². The Morgan fingerprint density at radius 1 is 1.50 bits per heavy atom. The number of fused-ring (bicyclic) bond motifs is 1. The highest BCUT2D eigenvalue weighted by atomic mass is 32.2. The second-order valence-electron chi connectivity index (χ2n) is 2.66. The first-order valence-electron chi connectivity index (χ1n) is 4.10. The average Bonchev–Trinajstić information content (AvgIpc) is 2.61. The van der Waals surface area contributed by atoms with Gasteiger partial charge in [-0.2, -0.15) is 0 Å². The summed E-state index contributed by atoms with van der Waals surface area (Å²) in [6.07, 6.45) is 0. The SMILES string of the molecule is CCOC(=O)c1cc2cc(O)sc2s1. The van der Waals surface area contributed by atoms with E-state index in [4.69, 9.17) is 4.74 Å². The van der Waals surface area contributed by atoms with Crippen molar-refractivity contribution >= 4 is 38.0 Å². The van der Waals surface area contributed by atoms with Gasteiger partial charge in [-0.1, -0.05) is 11.3 Å². The molecule has 2 heterocycles. The van der Waals surface area contributed by atoms with Gasteiger partial charge in [0.05, 0.1) is 10.6 Å². The second kappa shape index (κ2) is 3.59. The molecule has 0 amide bonds. The number of ether oxygens (including phenoxy) is 1. The molecule has 0 radical (unpaired) electrons. The van der Waals surface area contributed by atoms with Crippen molar-refractivity contribution in [3.63, 3.8) is 0 Å². The molecule has 0 saturated carbocycles. The fourth-order valence-electron chi connectivity index (χ4n) is 1.13. The quantitative estimate of drug-likeness (QED) is 0.804. The molecule has 0 aromatic carbocycles. The van der Waals surface area contributed by atoms with E-state index in [9.17, 15) is 9.90 Å². The summed E-state index contributed by atoms with van der Waals surface area (Å²) in [7, 11) is 0. The summed E-state index contributed by atoms with van der Waals surface area (Å²) in [5.74, 6) is -0.291. The van der Waals surface area contributed by atoms with E-state index in [1.807, 2.05) is 0 Å². The molecule has 1 N–H and O–H groups in total. The van der Waals surface area contributed by atoms with Crippen LogP contribution in [-0.4, -0.2) is 17.7 Å². The van der Waals surface area contributed by atoms with Gasteiger partial charge in [-0.05, 0) is 13.0 Å². The van der Waals surface area contributed by atoms with Gasteiger partial charge in [-0.15, -0.1) is 11.3 Å². The Morgan fingerprint density at radius 2 is 2.29 bits per heavy atom. The molecule has 5 heteroatoms. The number of rotatable bonds is 2. The van der Waals surface area contributed by atoms with Gasteiger partial charge >= 0.3 is 5.97 Å². The number of aromatic hydroxyl groups is 1. The lowest BCUT2D eigenvalue weighted by molar-refractivity contribution is 0.0532. The van der Waals surface area contributed by atoms with E-state index in [0.29, 0.717) is 11.5 Å². The van der Waals surface area contributed by atoms with Gasteiger partial charge in [0.2, 0.25) is 0 Å². The summed E-state index contributed by atoms with van der Waals surface area (Å²) in [6, 6.07) is 3.40. The summed E-state index contributed by atoms with van der Waals surface area (Å²) in [6.45, 7) is 2.16. The van der Waals surface area contributed by atoms with Crippen molar-refractivity contribution in [1.29, 1.82) is 0 Å². The highest BCUT2D eigenvalue weighted by Gasteiger charge is 2.12. The Morgan fingerprint density at radius 3 is 2.93 bits per heavy atom. The van der Waals surface area contributed by atoms with E-state index in [1.54, 1.807) is 19.1 Å². The van der Waals surface area contributed by atoms with Crippen LogP contribution in [0.2, 0.25) is 0 Å². The maximum absolute atomic E-state index is 11.3. The summed E-state index contributed by atoms with van der Waals surface area (Å²) >= 11 is 2.62. The zero-order valence-electron chi connectivity index (χ0n) is 7.44. The van der Waals surface area contributed by atoms with Crippen LogP contribution in [0.5, 0.6) is 5.06 Å². The van der Waals surface area contributed by atoms with E-state index in [-0.39, 0.29) is 11.0 Å². The van der Waals surface area contributed by atoms with Gasteiger partial charge < -0.3 is 9.84 Å². The molecule has 0 bridgehead atoms. The fraction of sp³-hybridized carbons (Fsp3) is 0.222. The van der Waals surface area contributed by atoms with Crippen LogP contribution in [-0.2, 0) is 4.74 Å². The number of carbonyl (C=O) groups excluding carboxylic acids is 1. The number of hydrogen-bond acceptors (Lipinski definition) is 5. The minimum Gasteiger partial charge on any atom is -0.499 e. The molecule has 0 spiro atoms. The summed E-state index contributed by atoms with van der Waals surface area (Å²) in [4.78, 5) is 11.9. The molecule has 0 unspecified atom stereocenters. The second-order valence-corrected chi connectivity index (χ2v) is 5.00. The fourth-order valence-corrected chi connectivity index (χ4v) is 3.20. The van der Waals surface area contributed by atoms with Crippen molar-refractivity contribution in [3.05, 3.63) is 17.0 Å². The molecule has 2 aromatic rings. The smallest absolute Gasteiger partial charge is 0.348 e. The van der Waals surface area contributed by atoms with Crippen LogP contribution in [0, 0.1) is 0 Å². The zero-order chi connectivity index (χ0) is 10.1. The Bertz CT molecular complexity index is 438. The summed E-state index contributed by atoms with van der Waals surface area (Å²) in [5.41, 5.74) is 0. The number of carbonyl (C=O) groups is 1. The van der Waals surface area contributed by atoms with Crippen LogP contribution in [0.4, 0.5) is 0 Å². The minimum absolute atomic E-state index is 0.279. The predicted octanol–water partition coefficient (Wildman–Crippen LogP) is 2.85. The molecule has 74 valence electrons. The van der Waals surface area contributed by atoms with E-state index in [0.717, 1.165) is 9.40 Å². The van der Waals surface area contributed by atoms with Gasteiger partial charge in [0, 0.05) is 11.5 Å². The van der Waals surface area contributed by atoms with Gasteiger partial charge in [0.15, 0.2) is 5.06 Å². The van der Waals surface area contributed by atoms with E-state index in [1.165, 1.54) is 22.7 Å². The maximum atomic E-state index is 11.3. The van der Waals surface area contributed by atoms with Crippen molar-refractivity contribution in [2.45, 2.75) is 6.92 Å². The lowest BCUT2D eigenvalue weighted by atomic mass is 10.4. The largest absolute Gasteiger partial charge is 0.499 e. The van der Waals surface area contributed by atoms with Gasteiger partial charge in [0.25, 0.3) is 0 Å². The number of thiophene rings is 2. The predicted molar refractivity (Wildman–Crippen MR) is 57.3 cm³/mol. The normalized spacial score (nSPS) is 10.6. The molecule has 2 aromatic heterocycles. The van der Waals surface area contributed by atoms with Crippen LogP contribution in [0.3, 0.4) is 0 Å². The van der Waals surface area contributed by atoms with E-state index >= 15 is 0 Å². The molecular weight excluding hydrogens is 220 g/mol. The standard InChI is InChI=1S/C9H8O3S2/c1-2-12-8(11)6-3-5-4-7(10)14-9(5)13-6/h3-4,10H,2H2,1H3. The first kappa shape index (κ1) is 9.48. The summed E-state index contributed by atoms with van der Waals surface area (Å²) < 4.78 is 5.82. The Labute approximate surface area is 88.6 Å². The summed E-state index contributed by atoms with van der Waals surface area (Å²) in [5, 5.41) is 10.4. The minimum atomic E-state index is -0.291. The first-order valence-corrected chi connectivity index (χ1v) is 5.73. The molecule has 14 heavy (non-hydrogen) atoms. The number of esters is 1. The third-order valence-corrected chi connectivity index (χ3v) is 3.85. The van der Waals surface area contributed by atoms with Gasteiger partial charge in [-0.3, -0.25) is 0 Å². The van der Waals surface area contributed by atoms with Crippen LogP contribution < -0.4 is 0 Å². The molecule has 0 aliphatic heterocycles. The molecule has 0 aliphatic rings. The highest BCUT2D eigenvalue weighted by molar-refractivity contribution is 7.39. The molecule has 0 aliphatic carbocycles. The lowest BCUT2D eigenvalue weighted by Crippen LogP contribution is -2.01. The first-order chi connectivity index (χ1) is 6.70. The lowest BCUT2D eigenvalue weighted by Gasteiger charge is -1.95. The van der Waals surface area contributed by atoms with Gasteiger partial charge in [0.1, 0.15) is 4.88 Å². The van der Waals surface area contributed by atoms with Crippen LogP contribution in [0.15, 0.2) is 12.1 Å². The third kappa shape index (κ3) is 1.60. The van der Waals surface area contributed by atoms with Gasteiger partial charge in [-0.25, -0.2) is 4.79 Å². The molecule has 0 fully saturated rings. The third-order valence-electron chi connectivity index (χ3n) is 1.68. The Kier molecular flexibility index (Phi) is 2.43. The van der Waals surface area contributed by atoms with Crippen LogP contribution in [0.25, 0.3) is 9.40 Å². The van der Waals surface area contributed by atoms with Crippen molar-refractivity contribution in [1.82, 2.24) is 0 Å². The molecule has 0 atom stereocenters. The number of hydrogen-bond donors (Lipinski definition) is 1. The molecule has 0 saturated heterocycles. The Balaban J connectivity index is 2.36. The van der Waals surface area contributed by atoms with Crippen LogP contribution >= 0.6 is 22.7 Å². The molecular formula is C9H8O3S2. The molecule has 3 nitrogen and oxygen atoms in total. The zero-order valence-corrected chi connectivity index (χ0v) is 9.08.